The lowest BCUT2D eigenvalue weighted by Gasteiger charge is -2.19. The third-order valence-electron chi connectivity index (χ3n) is 4.17. The minimum Gasteiger partial charge on any atom is -0.324 e. The lowest BCUT2D eigenvalue weighted by atomic mass is 10.1. The molecule has 0 aromatic heterocycles. The van der Waals surface area contributed by atoms with E-state index in [2.05, 4.69) is 10.6 Å². The second-order valence-electron chi connectivity index (χ2n) is 6.17. The average Bonchev–Trinajstić information content (AvgIpc) is 2.66. The predicted octanol–water partition coefficient (Wildman–Crippen LogP) is 5.12. The summed E-state index contributed by atoms with van der Waals surface area (Å²) in [6.45, 7) is 2.52. The first kappa shape index (κ1) is 18.2. The van der Waals surface area contributed by atoms with Gasteiger partial charge in [-0.25, -0.2) is 0 Å². The fraction of sp³-hybridized carbons (Fsp3) is 0.136. The maximum Gasteiger partial charge on any atom is 0.246 e. The topological polar surface area (TPSA) is 41.1 Å². The molecule has 2 N–H and O–H groups in total. The molecular weight excluding hydrogens is 344 g/mol. The summed E-state index contributed by atoms with van der Waals surface area (Å²) in [4.78, 5) is 12.9. The van der Waals surface area contributed by atoms with Gasteiger partial charge in [0.2, 0.25) is 5.91 Å². The van der Waals surface area contributed by atoms with Gasteiger partial charge in [0.05, 0.1) is 0 Å². The van der Waals surface area contributed by atoms with E-state index < -0.39 is 6.04 Å². The van der Waals surface area contributed by atoms with Gasteiger partial charge in [0.25, 0.3) is 0 Å². The minimum absolute atomic E-state index is 0.105. The maximum absolute atomic E-state index is 12.9. The Morgan fingerprint density at radius 3 is 2.27 bits per heavy atom. The van der Waals surface area contributed by atoms with Crippen LogP contribution in [-0.2, 0) is 11.3 Å². The van der Waals surface area contributed by atoms with Gasteiger partial charge in [0.1, 0.15) is 6.04 Å². The van der Waals surface area contributed by atoms with Crippen LogP contribution in [0.4, 0.5) is 5.69 Å². The second kappa shape index (κ2) is 8.65. The van der Waals surface area contributed by atoms with E-state index in [0.717, 1.165) is 22.4 Å². The number of nitrogens with one attached hydrogen (secondary N) is 2. The van der Waals surface area contributed by atoms with Crippen molar-refractivity contribution in [1.82, 2.24) is 5.32 Å². The van der Waals surface area contributed by atoms with Gasteiger partial charge in [-0.1, -0.05) is 77.8 Å². The van der Waals surface area contributed by atoms with Crippen LogP contribution >= 0.6 is 11.6 Å². The SMILES string of the molecule is Cc1ccc(NC(=O)[C@H](NCc2ccccc2Cl)c2ccccc2)cc1. The number of hydrogen-bond donors (Lipinski definition) is 2. The van der Waals surface area contributed by atoms with Crippen LogP contribution in [0.15, 0.2) is 78.9 Å². The molecule has 4 heteroatoms. The molecular formula is C22H21ClN2O. The molecule has 26 heavy (non-hydrogen) atoms. The number of carbonyl (C=O) groups is 1. The molecule has 0 unspecified atom stereocenters. The first-order chi connectivity index (χ1) is 12.6. The second-order valence-corrected chi connectivity index (χ2v) is 6.58. The number of hydrogen-bond acceptors (Lipinski definition) is 2. The number of anilines is 1. The lowest BCUT2D eigenvalue weighted by Crippen LogP contribution is -2.32. The molecule has 3 rings (SSSR count). The molecule has 1 atom stereocenters. The van der Waals surface area contributed by atoms with E-state index in [1.807, 2.05) is 85.8 Å². The van der Waals surface area contributed by atoms with Crippen molar-refractivity contribution in [2.75, 3.05) is 5.32 Å². The molecule has 0 saturated carbocycles. The molecule has 0 aliphatic heterocycles. The Balaban J connectivity index is 1.78. The van der Waals surface area contributed by atoms with Crippen molar-refractivity contribution in [3.8, 4) is 0 Å². The van der Waals surface area contributed by atoms with Crippen LogP contribution in [0.1, 0.15) is 22.7 Å². The third-order valence-corrected chi connectivity index (χ3v) is 4.54. The Bertz CT molecular complexity index is 863. The summed E-state index contributed by atoms with van der Waals surface area (Å²) in [6, 6.07) is 24.6. The Labute approximate surface area is 159 Å². The van der Waals surface area contributed by atoms with Crippen molar-refractivity contribution in [3.63, 3.8) is 0 Å². The van der Waals surface area contributed by atoms with E-state index in [1.165, 1.54) is 0 Å². The van der Waals surface area contributed by atoms with E-state index in [9.17, 15) is 4.79 Å². The standard InChI is InChI=1S/C22H21ClN2O/c1-16-11-13-19(14-12-16)25-22(26)21(17-7-3-2-4-8-17)24-15-18-9-5-6-10-20(18)23/h2-14,21,24H,15H2,1H3,(H,25,26)/t21-/m1/s1. The summed E-state index contributed by atoms with van der Waals surface area (Å²) in [7, 11) is 0. The normalized spacial score (nSPS) is 11.8. The van der Waals surface area contributed by atoms with Crippen molar-refractivity contribution in [2.24, 2.45) is 0 Å². The van der Waals surface area contributed by atoms with Gasteiger partial charge in [-0.2, -0.15) is 0 Å². The van der Waals surface area contributed by atoms with Crippen LogP contribution in [0.25, 0.3) is 0 Å². The maximum atomic E-state index is 12.9. The number of rotatable bonds is 6. The fourth-order valence-electron chi connectivity index (χ4n) is 2.71. The molecule has 3 nitrogen and oxygen atoms in total. The molecule has 0 aliphatic carbocycles. The molecule has 1 amide bonds. The van der Waals surface area contributed by atoms with Crippen LogP contribution in [0, 0.1) is 6.92 Å². The highest BCUT2D eigenvalue weighted by atomic mass is 35.5. The predicted molar refractivity (Wildman–Crippen MR) is 107 cm³/mol. The van der Waals surface area contributed by atoms with Crippen LogP contribution in [0.3, 0.4) is 0 Å². The van der Waals surface area contributed by atoms with E-state index in [1.54, 1.807) is 0 Å². The van der Waals surface area contributed by atoms with Gasteiger partial charge in [-0.3, -0.25) is 10.1 Å². The zero-order valence-corrected chi connectivity index (χ0v) is 15.3. The first-order valence-corrected chi connectivity index (χ1v) is 8.90. The van der Waals surface area contributed by atoms with E-state index in [4.69, 9.17) is 11.6 Å². The van der Waals surface area contributed by atoms with Gasteiger partial charge in [0, 0.05) is 17.3 Å². The molecule has 0 heterocycles. The van der Waals surface area contributed by atoms with Gasteiger partial charge in [0.15, 0.2) is 0 Å². The smallest absolute Gasteiger partial charge is 0.246 e. The summed E-state index contributed by atoms with van der Waals surface area (Å²) in [5.74, 6) is -0.105. The summed E-state index contributed by atoms with van der Waals surface area (Å²) < 4.78 is 0. The largest absolute Gasteiger partial charge is 0.324 e. The number of amides is 1. The Kier molecular flexibility index (Phi) is 6.05. The molecule has 132 valence electrons. The Hall–Kier alpha value is -2.62. The Morgan fingerprint density at radius 2 is 1.58 bits per heavy atom. The molecule has 0 aliphatic rings. The zero-order valence-electron chi connectivity index (χ0n) is 14.6. The monoisotopic (exact) mass is 364 g/mol. The van der Waals surface area contributed by atoms with Gasteiger partial charge < -0.3 is 5.32 Å². The highest BCUT2D eigenvalue weighted by molar-refractivity contribution is 6.31. The minimum atomic E-state index is -0.478. The van der Waals surface area contributed by atoms with Crippen LogP contribution in [0.2, 0.25) is 5.02 Å². The van der Waals surface area contributed by atoms with Crippen molar-refractivity contribution >= 4 is 23.2 Å². The molecule has 0 spiro atoms. The zero-order chi connectivity index (χ0) is 18.4. The van der Waals surface area contributed by atoms with Crippen molar-refractivity contribution < 1.29 is 4.79 Å². The van der Waals surface area contributed by atoms with Gasteiger partial charge in [-0.15, -0.1) is 0 Å². The number of benzene rings is 3. The van der Waals surface area contributed by atoms with Crippen LogP contribution < -0.4 is 10.6 Å². The first-order valence-electron chi connectivity index (χ1n) is 8.53. The quantitative estimate of drug-likeness (QED) is 0.637. The number of carbonyl (C=O) groups excluding carboxylic acids is 1. The van der Waals surface area contributed by atoms with E-state index >= 15 is 0 Å². The lowest BCUT2D eigenvalue weighted by molar-refractivity contribution is -0.118. The summed E-state index contributed by atoms with van der Waals surface area (Å²) >= 11 is 6.24. The molecule has 0 saturated heterocycles. The van der Waals surface area contributed by atoms with Crippen LogP contribution in [0.5, 0.6) is 0 Å². The molecule has 0 fully saturated rings. The van der Waals surface area contributed by atoms with Gasteiger partial charge >= 0.3 is 0 Å². The van der Waals surface area contributed by atoms with Crippen molar-refractivity contribution in [1.29, 1.82) is 0 Å². The number of aryl methyl sites for hydroxylation is 1. The fourth-order valence-corrected chi connectivity index (χ4v) is 2.92. The van der Waals surface area contributed by atoms with Crippen LogP contribution in [-0.4, -0.2) is 5.91 Å². The molecule has 3 aromatic rings. The third kappa shape index (κ3) is 4.72. The van der Waals surface area contributed by atoms with Crippen molar-refractivity contribution in [3.05, 3.63) is 101 Å². The molecule has 0 bridgehead atoms. The highest BCUT2D eigenvalue weighted by Gasteiger charge is 2.20. The summed E-state index contributed by atoms with van der Waals surface area (Å²) in [5.41, 5.74) is 3.79. The highest BCUT2D eigenvalue weighted by Crippen LogP contribution is 2.20. The van der Waals surface area contributed by atoms with E-state index in [-0.39, 0.29) is 5.91 Å². The molecule has 0 radical (unpaired) electrons. The van der Waals surface area contributed by atoms with Crippen molar-refractivity contribution in [2.45, 2.75) is 19.5 Å². The summed E-state index contributed by atoms with van der Waals surface area (Å²) in [5, 5.41) is 7.00. The number of halogens is 1. The van der Waals surface area contributed by atoms with Gasteiger partial charge in [-0.05, 0) is 36.2 Å². The Morgan fingerprint density at radius 1 is 0.923 bits per heavy atom. The summed E-state index contributed by atoms with van der Waals surface area (Å²) in [6.07, 6.45) is 0. The average molecular weight is 365 g/mol. The van der Waals surface area contributed by atoms with E-state index in [0.29, 0.717) is 11.6 Å². The molecule has 3 aromatic carbocycles.